The van der Waals surface area contributed by atoms with Gasteiger partial charge >= 0.3 is 6.18 Å². The number of hydrogen-bond donors (Lipinski definition) is 2. The van der Waals surface area contributed by atoms with E-state index in [0.717, 1.165) is 0 Å². The molecule has 3 rings (SSSR count). The molecule has 1 amide bonds. The standard InChI is InChI=1S/C16H16F3N3O3/c17-16(18,19)13-8-12(20-21-13)14(23)22-7-6-15(24,9-22)10-25-11-4-2-1-3-5-11/h1-5,8,24H,6-7,9-10H2,(H,20,21)/t15-/m1/s1. The number of hydrogen-bond acceptors (Lipinski definition) is 4. The van der Waals surface area contributed by atoms with Gasteiger partial charge in [0.25, 0.3) is 5.91 Å². The van der Waals surface area contributed by atoms with Crippen LogP contribution in [0.3, 0.4) is 0 Å². The number of carbonyl (C=O) groups is 1. The Morgan fingerprint density at radius 1 is 1.36 bits per heavy atom. The second-order valence-corrected chi connectivity index (χ2v) is 5.97. The normalized spacial score (nSPS) is 20.7. The van der Waals surface area contributed by atoms with Crippen molar-refractivity contribution in [3.05, 3.63) is 47.8 Å². The molecule has 1 aliphatic heterocycles. The van der Waals surface area contributed by atoms with Crippen LogP contribution in [-0.2, 0) is 6.18 Å². The number of ether oxygens (including phenoxy) is 1. The quantitative estimate of drug-likeness (QED) is 0.880. The van der Waals surface area contributed by atoms with E-state index in [-0.39, 0.29) is 31.8 Å². The number of rotatable bonds is 4. The fraction of sp³-hybridized carbons (Fsp3) is 0.375. The van der Waals surface area contributed by atoms with E-state index in [2.05, 4.69) is 5.10 Å². The highest BCUT2D eigenvalue weighted by molar-refractivity contribution is 5.92. The number of aromatic nitrogens is 2. The number of aliphatic hydroxyl groups is 1. The van der Waals surface area contributed by atoms with Crippen molar-refractivity contribution in [2.75, 3.05) is 19.7 Å². The van der Waals surface area contributed by atoms with E-state index < -0.39 is 23.4 Å². The molecule has 1 aromatic carbocycles. The number of alkyl halides is 3. The van der Waals surface area contributed by atoms with Crippen LogP contribution in [-0.4, -0.2) is 51.4 Å². The zero-order chi connectivity index (χ0) is 18.1. The highest BCUT2D eigenvalue weighted by atomic mass is 19.4. The van der Waals surface area contributed by atoms with Crippen molar-refractivity contribution >= 4 is 5.91 Å². The first-order valence-electron chi connectivity index (χ1n) is 7.59. The molecule has 1 saturated heterocycles. The Hall–Kier alpha value is -2.55. The topological polar surface area (TPSA) is 78.5 Å². The van der Waals surface area contributed by atoms with Gasteiger partial charge in [0, 0.05) is 12.6 Å². The Kier molecular flexibility index (Phi) is 4.42. The third kappa shape index (κ3) is 3.93. The van der Waals surface area contributed by atoms with Gasteiger partial charge in [-0.2, -0.15) is 18.3 Å². The van der Waals surface area contributed by atoms with Gasteiger partial charge in [-0.25, -0.2) is 0 Å². The van der Waals surface area contributed by atoms with Gasteiger partial charge < -0.3 is 14.7 Å². The number of para-hydroxylation sites is 1. The van der Waals surface area contributed by atoms with Crippen LogP contribution in [0.1, 0.15) is 22.6 Å². The molecule has 0 saturated carbocycles. The Morgan fingerprint density at radius 3 is 2.72 bits per heavy atom. The van der Waals surface area contributed by atoms with E-state index in [0.29, 0.717) is 11.8 Å². The van der Waals surface area contributed by atoms with E-state index >= 15 is 0 Å². The van der Waals surface area contributed by atoms with Gasteiger partial charge in [-0.1, -0.05) is 18.2 Å². The number of nitrogens with zero attached hydrogens (tertiary/aromatic N) is 2. The number of H-pyrrole nitrogens is 1. The summed E-state index contributed by atoms with van der Waals surface area (Å²) in [5.74, 6) is -0.0785. The van der Waals surface area contributed by atoms with Crippen molar-refractivity contribution in [2.45, 2.75) is 18.2 Å². The first-order valence-corrected chi connectivity index (χ1v) is 7.59. The van der Waals surface area contributed by atoms with Crippen LogP contribution >= 0.6 is 0 Å². The molecule has 9 heteroatoms. The fourth-order valence-corrected chi connectivity index (χ4v) is 2.62. The van der Waals surface area contributed by atoms with Crippen LogP contribution in [0, 0.1) is 0 Å². The van der Waals surface area contributed by atoms with Gasteiger partial charge in [0.05, 0.1) is 6.54 Å². The molecular formula is C16H16F3N3O3. The van der Waals surface area contributed by atoms with Crippen LogP contribution in [0.25, 0.3) is 0 Å². The van der Waals surface area contributed by atoms with Crippen LogP contribution in [0.2, 0.25) is 0 Å². The van der Waals surface area contributed by atoms with Crippen LogP contribution in [0.4, 0.5) is 13.2 Å². The van der Waals surface area contributed by atoms with E-state index in [1.807, 2.05) is 11.2 Å². The maximum atomic E-state index is 12.6. The molecule has 2 N–H and O–H groups in total. The minimum atomic E-state index is -4.60. The van der Waals surface area contributed by atoms with Crippen LogP contribution in [0.15, 0.2) is 36.4 Å². The molecule has 25 heavy (non-hydrogen) atoms. The summed E-state index contributed by atoms with van der Waals surface area (Å²) in [7, 11) is 0. The molecular weight excluding hydrogens is 339 g/mol. The Morgan fingerprint density at radius 2 is 2.08 bits per heavy atom. The highest BCUT2D eigenvalue weighted by Crippen LogP contribution is 2.29. The molecule has 2 heterocycles. The summed E-state index contributed by atoms with van der Waals surface area (Å²) in [4.78, 5) is 13.5. The summed E-state index contributed by atoms with van der Waals surface area (Å²) < 4.78 is 43.2. The SMILES string of the molecule is O=C(c1cc(C(F)(F)F)[nH]n1)N1CC[C@](O)(COc2ccccc2)C1. The first kappa shape index (κ1) is 17.3. The Labute approximate surface area is 141 Å². The molecule has 0 radical (unpaired) electrons. The highest BCUT2D eigenvalue weighted by Gasteiger charge is 2.40. The number of likely N-dealkylation sites (tertiary alicyclic amines) is 1. The number of halogens is 3. The van der Waals surface area contributed by atoms with Crippen LogP contribution in [0.5, 0.6) is 5.75 Å². The van der Waals surface area contributed by atoms with Gasteiger partial charge in [0.2, 0.25) is 0 Å². The van der Waals surface area contributed by atoms with Crippen molar-refractivity contribution in [1.82, 2.24) is 15.1 Å². The third-order valence-electron chi connectivity index (χ3n) is 3.97. The van der Waals surface area contributed by atoms with E-state index in [4.69, 9.17) is 4.74 Å². The van der Waals surface area contributed by atoms with Crippen molar-refractivity contribution in [1.29, 1.82) is 0 Å². The average Bonchev–Trinajstić information content (AvgIpc) is 3.21. The second-order valence-electron chi connectivity index (χ2n) is 5.97. The number of β-amino-alcohol motifs (C(OH)–C–C–N with tert-alkyl or cyclic N) is 1. The minimum absolute atomic E-state index is 0.0187. The number of aromatic amines is 1. The van der Waals surface area contributed by atoms with E-state index in [1.54, 1.807) is 24.3 Å². The Bertz CT molecular complexity index is 748. The predicted octanol–water partition coefficient (Wildman–Crippen LogP) is 2.08. The molecule has 1 atom stereocenters. The molecule has 0 aliphatic carbocycles. The van der Waals surface area contributed by atoms with Crippen molar-refractivity contribution in [3.8, 4) is 5.75 Å². The van der Waals surface area contributed by atoms with Crippen LogP contribution < -0.4 is 4.74 Å². The number of benzene rings is 1. The van der Waals surface area contributed by atoms with Gasteiger partial charge in [-0.05, 0) is 18.6 Å². The Balaban J connectivity index is 1.61. The molecule has 2 aromatic rings. The van der Waals surface area contributed by atoms with Gasteiger partial charge in [0.1, 0.15) is 23.7 Å². The summed E-state index contributed by atoms with van der Waals surface area (Å²) in [6, 6.07) is 9.56. The maximum absolute atomic E-state index is 12.6. The summed E-state index contributed by atoms with van der Waals surface area (Å²) in [6.07, 6.45) is -4.33. The molecule has 0 unspecified atom stereocenters. The lowest BCUT2D eigenvalue weighted by atomic mass is 10.1. The summed E-state index contributed by atoms with van der Waals surface area (Å²) in [5.41, 5.74) is -2.67. The summed E-state index contributed by atoms with van der Waals surface area (Å²) in [6.45, 7) is 0.156. The monoisotopic (exact) mass is 355 g/mol. The maximum Gasteiger partial charge on any atom is 0.432 e. The van der Waals surface area contributed by atoms with Crippen molar-refractivity contribution in [3.63, 3.8) is 0 Å². The lowest BCUT2D eigenvalue weighted by Gasteiger charge is -2.23. The zero-order valence-electron chi connectivity index (χ0n) is 13.1. The molecule has 1 aromatic heterocycles. The second kappa shape index (κ2) is 6.40. The lowest BCUT2D eigenvalue weighted by molar-refractivity contribution is -0.141. The smallest absolute Gasteiger partial charge is 0.432 e. The summed E-state index contributed by atoms with van der Waals surface area (Å²) in [5, 5.41) is 15.8. The lowest BCUT2D eigenvalue weighted by Crippen LogP contribution is -2.40. The summed E-state index contributed by atoms with van der Waals surface area (Å²) >= 11 is 0. The van der Waals surface area contributed by atoms with Gasteiger partial charge in [-0.15, -0.1) is 0 Å². The predicted molar refractivity (Wildman–Crippen MR) is 81.0 cm³/mol. The van der Waals surface area contributed by atoms with Crippen molar-refractivity contribution in [2.24, 2.45) is 0 Å². The van der Waals surface area contributed by atoms with E-state index in [1.165, 1.54) is 4.90 Å². The number of carbonyl (C=O) groups excluding carboxylic acids is 1. The first-order chi connectivity index (χ1) is 11.8. The molecule has 6 nitrogen and oxygen atoms in total. The minimum Gasteiger partial charge on any atom is -0.491 e. The van der Waals surface area contributed by atoms with Gasteiger partial charge in [0.15, 0.2) is 5.69 Å². The largest absolute Gasteiger partial charge is 0.491 e. The fourth-order valence-electron chi connectivity index (χ4n) is 2.62. The van der Waals surface area contributed by atoms with Gasteiger partial charge in [-0.3, -0.25) is 9.89 Å². The third-order valence-corrected chi connectivity index (χ3v) is 3.97. The molecule has 0 spiro atoms. The van der Waals surface area contributed by atoms with Crippen molar-refractivity contribution < 1.29 is 27.8 Å². The molecule has 0 bridgehead atoms. The molecule has 1 aliphatic rings. The average molecular weight is 355 g/mol. The zero-order valence-corrected chi connectivity index (χ0v) is 13.1. The van der Waals surface area contributed by atoms with E-state index in [9.17, 15) is 23.1 Å². The molecule has 1 fully saturated rings. The molecule has 134 valence electrons. The number of amides is 1. The number of nitrogens with one attached hydrogen (secondary N) is 1.